The molecule has 0 fully saturated rings. The lowest BCUT2D eigenvalue weighted by Crippen LogP contribution is -2.34. The van der Waals surface area contributed by atoms with E-state index in [4.69, 9.17) is 5.11 Å². The predicted octanol–water partition coefficient (Wildman–Crippen LogP) is 1.85. The van der Waals surface area contributed by atoms with Crippen LogP contribution in [-0.4, -0.2) is 24.8 Å². The van der Waals surface area contributed by atoms with Crippen molar-refractivity contribution in [2.75, 3.05) is 19.7 Å². The Labute approximate surface area is 92.3 Å². The molecular weight excluding hydrogens is 186 g/mol. The summed E-state index contributed by atoms with van der Waals surface area (Å²) in [6, 6.07) is 8.59. The summed E-state index contributed by atoms with van der Waals surface area (Å²) < 4.78 is 0. The van der Waals surface area contributed by atoms with E-state index in [1.807, 2.05) is 0 Å². The van der Waals surface area contributed by atoms with Gasteiger partial charge in [-0.05, 0) is 12.5 Å². The third-order valence-corrected chi connectivity index (χ3v) is 2.66. The second kappa shape index (κ2) is 5.29. The van der Waals surface area contributed by atoms with Gasteiger partial charge in [-0.15, -0.1) is 0 Å². The van der Waals surface area contributed by atoms with Crippen LogP contribution in [0.15, 0.2) is 24.3 Å². The normalized spacial score (nSPS) is 11.7. The quantitative estimate of drug-likeness (QED) is 0.722. The molecule has 0 saturated carbocycles. The molecule has 1 aromatic rings. The average Bonchev–Trinajstić information content (AvgIpc) is 2.18. The molecule has 2 nitrogen and oxygen atoms in total. The topological polar surface area (TPSA) is 32.3 Å². The van der Waals surface area contributed by atoms with E-state index in [9.17, 15) is 0 Å². The van der Waals surface area contributed by atoms with Crippen molar-refractivity contribution in [1.29, 1.82) is 0 Å². The van der Waals surface area contributed by atoms with Crippen molar-refractivity contribution >= 4 is 0 Å². The van der Waals surface area contributed by atoms with Gasteiger partial charge in [0.1, 0.15) is 0 Å². The van der Waals surface area contributed by atoms with Crippen LogP contribution in [0.3, 0.4) is 0 Å². The molecule has 15 heavy (non-hydrogen) atoms. The first-order valence-electron chi connectivity index (χ1n) is 5.45. The summed E-state index contributed by atoms with van der Waals surface area (Å²) in [5, 5.41) is 12.0. The Hall–Kier alpha value is -0.860. The van der Waals surface area contributed by atoms with Crippen LogP contribution in [0, 0.1) is 6.92 Å². The van der Waals surface area contributed by atoms with Crippen molar-refractivity contribution in [3.63, 3.8) is 0 Å². The highest BCUT2D eigenvalue weighted by Gasteiger charge is 2.19. The van der Waals surface area contributed by atoms with Gasteiger partial charge in [0.05, 0.1) is 6.61 Å². The second-order valence-corrected chi connectivity index (χ2v) is 4.65. The van der Waals surface area contributed by atoms with Gasteiger partial charge in [-0.25, -0.2) is 0 Å². The fraction of sp³-hybridized carbons (Fsp3) is 0.538. The molecular formula is C13H21NO. The minimum Gasteiger partial charge on any atom is -0.395 e. The van der Waals surface area contributed by atoms with Gasteiger partial charge < -0.3 is 10.4 Å². The highest BCUT2D eigenvalue weighted by molar-refractivity contribution is 5.28. The first kappa shape index (κ1) is 12.2. The summed E-state index contributed by atoms with van der Waals surface area (Å²) in [5.74, 6) is 0. The molecule has 0 bridgehead atoms. The first-order chi connectivity index (χ1) is 7.06. The number of hydrogen-bond donors (Lipinski definition) is 2. The summed E-state index contributed by atoms with van der Waals surface area (Å²) in [6.07, 6.45) is 0. The summed E-state index contributed by atoms with van der Waals surface area (Å²) in [4.78, 5) is 0. The van der Waals surface area contributed by atoms with Gasteiger partial charge in [0.15, 0.2) is 0 Å². The molecule has 84 valence electrons. The SMILES string of the molecule is Cc1cccc(C(C)(C)CNCCO)c1. The number of aryl methyl sites for hydroxylation is 1. The molecule has 0 amide bonds. The van der Waals surface area contributed by atoms with Gasteiger partial charge in [0, 0.05) is 18.5 Å². The Balaban J connectivity index is 2.67. The average molecular weight is 207 g/mol. The Morgan fingerprint density at radius 1 is 1.33 bits per heavy atom. The zero-order valence-electron chi connectivity index (χ0n) is 9.88. The molecule has 0 spiro atoms. The van der Waals surface area contributed by atoms with E-state index in [1.54, 1.807) is 0 Å². The van der Waals surface area contributed by atoms with Crippen LogP contribution in [0.4, 0.5) is 0 Å². The molecule has 0 aliphatic carbocycles. The second-order valence-electron chi connectivity index (χ2n) is 4.65. The van der Waals surface area contributed by atoms with Crippen LogP contribution in [-0.2, 0) is 5.41 Å². The van der Waals surface area contributed by atoms with Crippen molar-refractivity contribution in [3.8, 4) is 0 Å². The molecule has 2 N–H and O–H groups in total. The number of rotatable bonds is 5. The summed E-state index contributed by atoms with van der Waals surface area (Å²) >= 11 is 0. The number of benzene rings is 1. The molecule has 0 radical (unpaired) electrons. The van der Waals surface area contributed by atoms with Crippen LogP contribution >= 0.6 is 0 Å². The Kier molecular flexibility index (Phi) is 4.30. The Morgan fingerprint density at radius 3 is 2.67 bits per heavy atom. The van der Waals surface area contributed by atoms with E-state index in [0.29, 0.717) is 6.54 Å². The first-order valence-corrected chi connectivity index (χ1v) is 5.45. The van der Waals surface area contributed by atoms with E-state index >= 15 is 0 Å². The van der Waals surface area contributed by atoms with Crippen LogP contribution in [0.1, 0.15) is 25.0 Å². The van der Waals surface area contributed by atoms with Crippen molar-refractivity contribution in [2.45, 2.75) is 26.2 Å². The number of hydrogen-bond acceptors (Lipinski definition) is 2. The van der Waals surface area contributed by atoms with Crippen molar-refractivity contribution < 1.29 is 5.11 Å². The van der Waals surface area contributed by atoms with E-state index in [-0.39, 0.29) is 12.0 Å². The maximum atomic E-state index is 8.72. The zero-order chi connectivity index (χ0) is 11.3. The van der Waals surface area contributed by atoms with E-state index in [0.717, 1.165) is 6.54 Å². The maximum absolute atomic E-state index is 8.72. The Morgan fingerprint density at radius 2 is 2.07 bits per heavy atom. The van der Waals surface area contributed by atoms with Crippen LogP contribution in [0.25, 0.3) is 0 Å². The largest absolute Gasteiger partial charge is 0.395 e. The van der Waals surface area contributed by atoms with Gasteiger partial charge in [0.2, 0.25) is 0 Å². The van der Waals surface area contributed by atoms with Crippen molar-refractivity contribution in [1.82, 2.24) is 5.32 Å². The molecule has 1 aromatic carbocycles. The molecule has 0 saturated heterocycles. The third kappa shape index (κ3) is 3.65. The monoisotopic (exact) mass is 207 g/mol. The zero-order valence-corrected chi connectivity index (χ0v) is 9.88. The maximum Gasteiger partial charge on any atom is 0.0555 e. The van der Waals surface area contributed by atoms with Crippen LogP contribution in [0.2, 0.25) is 0 Å². The molecule has 0 aliphatic rings. The van der Waals surface area contributed by atoms with Gasteiger partial charge in [-0.1, -0.05) is 43.7 Å². The van der Waals surface area contributed by atoms with E-state index in [2.05, 4.69) is 50.4 Å². The highest BCUT2D eigenvalue weighted by Crippen LogP contribution is 2.22. The van der Waals surface area contributed by atoms with Gasteiger partial charge in [-0.3, -0.25) is 0 Å². The number of aliphatic hydroxyl groups is 1. The summed E-state index contributed by atoms with van der Waals surface area (Å²) in [7, 11) is 0. The van der Waals surface area contributed by atoms with Crippen LogP contribution < -0.4 is 5.32 Å². The molecule has 0 unspecified atom stereocenters. The fourth-order valence-electron chi connectivity index (χ4n) is 1.65. The number of nitrogens with one attached hydrogen (secondary N) is 1. The highest BCUT2D eigenvalue weighted by atomic mass is 16.3. The fourth-order valence-corrected chi connectivity index (χ4v) is 1.65. The van der Waals surface area contributed by atoms with E-state index < -0.39 is 0 Å². The lowest BCUT2D eigenvalue weighted by atomic mass is 9.84. The Bertz CT molecular complexity index is 307. The van der Waals surface area contributed by atoms with Gasteiger partial charge in [-0.2, -0.15) is 0 Å². The minimum absolute atomic E-state index is 0.112. The molecule has 1 rings (SSSR count). The molecule has 2 heteroatoms. The van der Waals surface area contributed by atoms with Crippen molar-refractivity contribution in [2.24, 2.45) is 0 Å². The predicted molar refractivity (Wildman–Crippen MR) is 64.2 cm³/mol. The summed E-state index contributed by atoms with van der Waals surface area (Å²) in [6.45, 7) is 8.29. The molecule has 0 aromatic heterocycles. The minimum atomic E-state index is 0.112. The van der Waals surface area contributed by atoms with E-state index in [1.165, 1.54) is 11.1 Å². The lowest BCUT2D eigenvalue weighted by molar-refractivity contribution is 0.286. The standard InChI is InChI=1S/C13H21NO/c1-11-5-4-6-12(9-11)13(2,3)10-14-7-8-15/h4-6,9,14-15H,7-8,10H2,1-3H3. The van der Waals surface area contributed by atoms with Gasteiger partial charge >= 0.3 is 0 Å². The third-order valence-electron chi connectivity index (χ3n) is 2.66. The lowest BCUT2D eigenvalue weighted by Gasteiger charge is -2.26. The number of aliphatic hydroxyl groups excluding tert-OH is 1. The molecule has 0 atom stereocenters. The van der Waals surface area contributed by atoms with Crippen molar-refractivity contribution in [3.05, 3.63) is 35.4 Å². The van der Waals surface area contributed by atoms with Crippen LogP contribution in [0.5, 0.6) is 0 Å². The summed E-state index contributed by atoms with van der Waals surface area (Å²) in [5.41, 5.74) is 2.75. The van der Waals surface area contributed by atoms with Gasteiger partial charge in [0.25, 0.3) is 0 Å². The smallest absolute Gasteiger partial charge is 0.0555 e. The molecule has 0 aliphatic heterocycles. The molecule has 0 heterocycles.